The van der Waals surface area contributed by atoms with Crippen molar-refractivity contribution in [2.75, 3.05) is 12.4 Å². The molecule has 1 fully saturated rings. The highest BCUT2D eigenvalue weighted by Gasteiger charge is 2.28. The summed E-state index contributed by atoms with van der Waals surface area (Å²) in [5, 5.41) is 3.56. The Bertz CT molecular complexity index is 667. The number of anilines is 1. The summed E-state index contributed by atoms with van der Waals surface area (Å²) >= 11 is 0. The second kappa shape index (κ2) is 5.02. The molecule has 21 heavy (non-hydrogen) atoms. The Morgan fingerprint density at radius 3 is 2.90 bits per heavy atom. The Hall–Kier alpha value is -2.10. The van der Waals surface area contributed by atoms with E-state index in [1.165, 1.54) is 24.0 Å². The number of aromatic nitrogens is 2. The molecule has 0 amide bonds. The van der Waals surface area contributed by atoms with Crippen LogP contribution < -0.4 is 10.1 Å². The summed E-state index contributed by atoms with van der Waals surface area (Å²) in [5.41, 5.74) is 2.66. The third kappa shape index (κ3) is 2.35. The van der Waals surface area contributed by atoms with E-state index in [0.717, 1.165) is 30.2 Å². The quantitative estimate of drug-likeness (QED) is 0.932. The molecular formula is C17H19N3O. The second-order valence-electron chi connectivity index (χ2n) is 5.84. The van der Waals surface area contributed by atoms with E-state index < -0.39 is 0 Å². The van der Waals surface area contributed by atoms with Crippen LogP contribution in [0.4, 0.5) is 5.82 Å². The molecule has 0 spiro atoms. The molecule has 4 nitrogen and oxygen atoms in total. The summed E-state index contributed by atoms with van der Waals surface area (Å²) < 4.78 is 5.46. The minimum atomic E-state index is 0.317. The Labute approximate surface area is 124 Å². The molecule has 2 aromatic rings. The van der Waals surface area contributed by atoms with Crippen LogP contribution in [0.3, 0.4) is 0 Å². The van der Waals surface area contributed by atoms with Gasteiger partial charge in [-0.3, -0.25) is 0 Å². The zero-order valence-electron chi connectivity index (χ0n) is 12.2. The van der Waals surface area contributed by atoms with Crippen molar-refractivity contribution < 1.29 is 4.74 Å². The van der Waals surface area contributed by atoms with Gasteiger partial charge in [-0.1, -0.05) is 12.1 Å². The Morgan fingerprint density at radius 1 is 1.19 bits per heavy atom. The Balaban J connectivity index is 1.58. The molecule has 2 aliphatic carbocycles. The van der Waals surface area contributed by atoms with Gasteiger partial charge in [0.15, 0.2) is 0 Å². The van der Waals surface area contributed by atoms with E-state index in [-0.39, 0.29) is 0 Å². The van der Waals surface area contributed by atoms with Crippen LogP contribution >= 0.6 is 0 Å². The standard InChI is InChI=1S/C17H19N3O/c1-21-15-4-2-3-12-13(15)7-8-14(12)19-16-9-10-18-17(20-16)11-5-6-11/h2-4,9-11,14H,5-8H2,1H3,(H,18,19,20). The highest BCUT2D eigenvalue weighted by molar-refractivity contribution is 5.49. The van der Waals surface area contributed by atoms with Crippen molar-refractivity contribution in [3.8, 4) is 5.75 Å². The van der Waals surface area contributed by atoms with E-state index in [1.807, 2.05) is 18.3 Å². The van der Waals surface area contributed by atoms with Gasteiger partial charge in [0.25, 0.3) is 0 Å². The molecule has 2 aliphatic rings. The van der Waals surface area contributed by atoms with E-state index in [0.29, 0.717) is 12.0 Å². The Kier molecular flexibility index (Phi) is 3.02. The van der Waals surface area contributed by atoms with E-state index in [4.69, 9.17) is 4.74 Å². The van der Waals surface area contributed by atoms with Gasteiger partial charge in [-0.25, -0.2) is 9.97 Å². The van der Waals surface area contributed by atoms with Gasteiger partial charge in [-0.2, -0.15) is 0 Å². The number of methoxy groups -OCH3 is 1. The van der Waals surface area contributed by atoms with Crippen molar-refractivity contribution in [1.29, 1.82) is 0 Å². The average molecular weight is 281 g/mol. The predicted molar refractivity (Wildman–Crippen MR) is 81.7 cm³/mol. The van der Waals surface area contributed by atoms with Crippen LogP contribution in [0.1, 0.15) is 48.2 Å². The number of nitrogens with zero attached hydrogens (tertiary/aromatic N) is 2. The maximum atomic E-state index is 5.46. The molecule has 1 unspecified atom stereocenters. The van der Waals surface area contributed by atoms with Crippen LogP contribution in [0.25, 0.3) is 0 Å². The fourth-order valence-electron chi connectivity index (χ4n) is 3.13. The lowest BCUT2D eigenvalue weighted by Crippen LogP contribution is -2.09. The first-order valence-corrected chi connectivity index (χ1v) is 7.60. The fraction of sp³-hybridized carbons (Fsp3) is 0.412. The second-order valence-corrected chi connectivity index (χ2v) is 5.84. The smallest absolute Gasteiger partial charge is 0.133 e. The molecule has 1 atom stereocenters. The van der Waals surface area contributed by atoms with E-state index in [1.54, 1.807) is 7.11 Å². The average Bonchev–Trinajstić information content (AvgIpc) is 3.30. The lowest BCUT2D eigenvalue weighted by Gasteiger charge is -2.15. The molecule has 0 saturated heterocycles. The third-order valence-electron chi connectivity index (χ3n) is 4.39. The number of hydrogen-bond acceptors (Lipinski definition) is 4. The van der Waals surface area contributed by atoms with E-state index in [2.05, 4.69) is 27.4 Å². The maximum absolute atomic E-state index is 5.46. The van der Waals surface area contributed by atoms with Crippen LogP contribution in [0.2, 0.25) is 0 Å². The molecule has 1 heterocycles. The van der Waals surface area contributed by atoms with Gasteiger partial charge in [0.05, 0.1) is 13.2 Å². The van der Waals surface area contributed by atoms with E-state index in [9.17, 15) is 0 Å². The summed E-state index contributed by atoms with van der Waals surface area (Å²) in [6, 6.07) is 8.57. The summed E-state index contributed by atoms with van der Waals surface area (Å²) in [5.74, 6) is 3.51. The SMILES string of the molecule is COc1cccc2c1CCC2Nc1ccnc(C2CC2)n1. The minimum Gasteiger partial charge on any atom is -0.496 e. The maximum Gasteiger partial charge on any atom is 0.133 e. The molecular weight excluding hydrogens is 262 g/mol. The predicted octanol–water partition coefficient (Wildman–Crippen LogP) is 3.46. The van der Waals surface area contributed by atoms with E-state index >= 15 is 0 Å². The molecule has 108 valence electrons. The number of benzene rings is 1. The van der Waals surface area contributed by atoms with Crippen molar-refractivity contribution in [1.82, 2.24) is 9.97 Å². The normalized spacial score (nSPS) is 20.1. The van der Waals surface area contributed by atoms with Gasteiger partial charge in [0, 0.05) is 12.1 Å². The summed E-state index contributed by atoms with van der Waals surface area (Å²) in [6.07, 6.45) is 6.46. The number of ether oxygens (including phenoxy) is 1. The van der Waals surface area contributed by atoms with Crippen molar-refractivity contribution >= 4 is 5.82 Å². The zero-order chi connectivity index (χ0) is 14.2. The first-order chi connectivity index (χ1) is 10.3. The van der Waals surface area contributed by atoms with Gasteiger partial charge >= 0.3 is 0 Å². The van der Waals surface area contributed by atoms with Crippen LogP contribution in [-0.4, -0.2) is 17.1 Å². The van der Waals surface area contributed by atoms with Gasteiger partial charge in [0.2, 0.25) is 0 Å². The molecule has 4 heteroatoms. The molecule has 0 bridgehead atoms. The molecule has 0 aliphatic heterocycles. The van der Waals surface area contributed by atoms with Crippen LogP contribution in [0, 0.1) is 0 Å². The summed E-state index contributed by atoms with van der Waals surface area (Å²) in [7, 11) is 1.74. The first-order valence-electron chi connectivity index (χ1n) is 7.60. The topological polar surface area (TPSA) is 47.0 Å². The lowest BCUT2D eigenvalue weighted by atomic mass is 10.1. The van der Waals surface area contributed by atoms with Crippen molar-refractivity contribution in [3.63, 3.8) is 0 Å². The number of hydrogen-bond donors (Lipinski definition) is 1. The van der Waals surface area contributed by atoms with Gasteiger partial charge in [0.1, 0.15) is 17.4 Å². The van der Waals surface area contributed by atoms with Gasteiger partial charge in [-0.05, 0) is 48.9 Å². The molecule has 4 rings (SSSR count). The van der Waals surface area contributed by atoms with Gasteiger partial charge < -0.3 is 10.1 Å². The Morgan fingerprint density at radius 2 is 2.10 bits per heavy atom. The highest BCUT2D eigenvalue weighted by Crippen LogP contribution is 2.40. The van der Waals surface area contributed by atoms with Crippen LogP contribution in [-0.2, 0) is 6.42 Å². The largest absolute Gasteiger partial charge is 0.496 e. The molecule has 1 aromatic heterocycles. The molecule has 0 radical (unpaired) electrons. The summed E-state index contributed by atoms with van der Waals surface area (Å²) in [6.45, 7) is 0. The van der Waals surface area contributed by atoms with Gasteiger partial charge in [-0.15, -0.1) is 0 Å². The van der Waals surface area contributed by atoms with Crippen molar-refractivity contribution in [2.45, 2.75) is 37.6 Å². The van der Waals surface area contributed by atoms with Crippen molar-refractivity contribution in [2.24, 2.45) is 0 Å². The number of rotatable bonds is 4. The monoisotopic (exact) mass is 281 g/mol. The molecule has 1 saturated carbocycles. The third-order valence-corrected chi connectivity index (χ3v) is 4.39. The lowest BCUT2D eigenvalue weighted by molar-refractivity contribution is 0.410. The zero-order valence-corrected chi connectivity index (χ0v) is 12.2. The number of nitrogens with one attached hydrogen (secondary N) is 1. The molecule has 1 aromatic carbocycles. The first kappa shape index (κ1) is 12.6. The fourth-order valence-corrected chi connectivity index (χ4v) is 3.13. The number of fused-ring (bicyclic) bond motifs is 1. The van der Waals surface area contributed by atoms with Crippen molar-refractivity contribution in [3.05, 3.63) is 47.4 Å². The highest BCUT2D eigenvalue weighted by atomic mass is 16.5. The summed E-state index contributed by atoms with van der Waals surface area (Å²) in [4.78, 5) is 9.04. The van der Waals surface area contributed by atoms with Crippen LogP contribution in [0.5, 0.6) is 5.75 Å². The van der Waals surface area contributed by atoms with Crippen LogP contribution in [0.15, 0.2) is 30.5 Å². The molecule has 1 N–H and O–H groups in total. The minimum absolute atomic E-state index is 0.317.